The number of likely N-dealkylation sites (tertiary alicyclic amines) is 1. The lowest BCUT2D eigenvalue weighted by Crippen LogP contribution is -2.53. The van der Waals surface area contributed by atoms with Gasteiger partial charge in [0.25, 0.3) is 0 Å². The fraction of sp³-hybridized carbons (Fsp3) is 0.696. The zero-order valence-corrected chi connectivity index (χ0v) is 17.7. The van der Waals surface area contributed by atoms with E-state index >= 15 is 0 Å². The number of amides is 1. The molecule has 0 bridgehead atoms. The predicted octanol–water partition coefficient (Wildman–Crippen LogP) is 3.46. The van der Waals surface area contributed by atoms with Crippen LogP contribution in [0.3, 0.4) is 0 Å². The molecule has 1 spiro atoms. The molecular formula is C23H32N4O2. The van der Waals surface area contributed by atoms with Gasteiger partial charge in [-0.2, -0.15) is 5.26 Å². The first-order chi connectivity index (χ1) is 14.0. The molecule has 1 atom stereocenters. The molecule has 0 saturated carbocycles. The maximum absolute atomic E-state index is 12.5. The summed E-state index contributed by atoms with van der Waals surface area (Å²) in [5.41, 5.74) is 1.89. The van der Waals surface area contributed by atoms with Gasteiger partial charge in [0.2, 0.25) is 5.91 Å². The third-order valence-corrected chi connectivity index (χ3v) is 6.93. The van der Waals surface area contributed by atoms with E-state index in [9.17, 15) is 10.1 Å². The number of carbonyl (C=O) groups excluding carboxylic acids is 1. The van der Waals surface area contributed by atoms with Gasteiger partial charge in [-0.05, 0) is 55.6 Å². The topological polar surface area (TPSA) is 69.5 Å². The summed E-state index contributed by atoms with van der Waals surface area (Å²) < 4.78 is 5.77. The maximum atomic E-state index is 12.5. The van der Waals surface area contributed by atoms with Crippen LogP contribution in [0, 0.1) is 16.7 Å². The Morgan fingerprint density at radius 1 is 1.31 bits per heavy atom. The molecule has 4 rings (SSSR count). The molecule has 4 heterocycles. The molecule has 3 saturated heterocycles. The Morgan fingerprint density at radius 2 is 2.10 bits per heavy atom. The van der Waals surface area contributed by atoms with E-state index in [1.54, 1.807) is 0 Å². The van der Waals surface area contributed by atoms with Crippen LogP contribution in [0.2, 0.25) is 0 Å². The first-order valence-corrected chi connectivity index (χ1v) is 11.0. The maximum Gasteiger partial charge on any atom is 0.222 e. The number of piperidine rings is 2. The monoisotopic (exact) mass is 396 g/mol. The van der Waals surface area contributed by atoms with Crippen molar-refractivity contribution in [1.82, 2.24) is 9.88 Å². The van der Waals surface area contributed by atoms with Crippen LogP contribution in [0.25, 0.3) is 0 Å². The van der Waals surface area contributed by atoms with Gasteiger partial charge in [-0.3, -0.25) is 4.79 Å². The van der Waals surface area contributed by atoms with Crippen LogP contribution in [0.5, 0.6) is 0 Å². The van der Waals surface area contributed by atoms with Crippen molar-refractivity contribution < 1.29 is 9.53 Å². The number of carbonyl (C=O) groups is 1. The molecule has 3 aliphatic rings. The summed E-state index contributed by atoms with van der Waals surface area (Å²) in [7, 11) is 0. The third kappa shape index (κ3) is 4.25. The molecule has 3 aliphatic heterocycles. The fourth-order valence-corrected chi connectivity index (χ4v) is 5.02. The normalized spacial score (nSPS) is 24.3. The second kappa shape index (κ2) is 8.31. The number of pyridine rings is 1. The second-order valence-electron chi connectivity index (χ2n) is 9.27. The van der Waals surface area contributed by atoms with Crippen molar-refractivity contribution in [2.24, 2.45) is 5.41 Å². The SMILES string of the molecule is CC(C)c1ccc(C#N)c(N2CCC3(CCC(=O)N(CC4CCCO4)C3)CC2)n1. The number of aromatic nitrogens is 1. The van der Waals surface area contributed by atoms with Crippen molar-refractivity contribution in [3.8, 4) is 6.07 Å². The largest absolute Gasteiger partial charge is 0.376 e. The number of hydrogen-bond donors (Lipinski definition) is 0. The fourth-order valence-electron chi connectivity index (χ4n) is 5.02. The van der Waals surface area contributed by atoms with Gasteiger partial charge in [-0.15, -0.1) is 0 Å². The summed E-state index contributed by atoms with van der Waals surface area (Å²) in [5.74, 6) is 1.46. The number of nitriles is 1. The zero-order chi connectivity index (χ0) is 20.4. The smallest absolute Gasteiger partial charge is 0.222 e. The molecule has 156 valence electrons. The van der Waals surface area contributed by atoms with Crippen molar-refractivity contribution in [2.45, 2.75) is 64.4 Å². The third-order valence-electron chi connectivity index (χ3n) is 6.93. The van der Waals surface area contributed by atoms with Gasteiger partial charge in [0.05, 0.1) is 11.7 Å². The summed E-state index contributed by atoms with van der Waals surface area (Å²) in [4.78, 5) is 21.6. The molecule has 6 heteroatoms. The van der Waals surface area contributed by atoms with E-state index in [1.165, 1.54) is 0 Å². The number of ether oxygens (including phenoxy) is 1. The minimum atomic E-state index is 0.200. The number of rotatable bonds is 4. The van der Waals surface area contributed by atoms with E-state index in [-0.39, 0.29) is 17.4 Å². The summed E-state index contributed by atoms with van der Waals surface area (Å²) in [6, 6.07) is 6.19. The van der Waals surface area contributed by atoms with E-state index in [0.29, 0.717) is 17.9 Å². The molecule has 0 aromatic carbocycles. The van der Waals surface area contributed by atoms with Crippen molar-refractivity contribution in [2.75, 3.05) is 37.7 Å². The van der Waals surface area contributed by atoms with Gasteiger partial charge in [0.1, 0.15) is 11.9 Å². The van der Waals surface area contributed by atoms with Crippen LogP contribution >= 0.6 is 0 Å². The molecule has 1 aromatic rings. The molecule has 29 heavy (non-hydrogen) atoms. The molecule has 3 fully saturated rings. The lowest BCUT2D eigenvalue weighted by Gasteiger charge is -2.48. The summed E-state index contributed by atoms with van der Waals surface area (Å²) in [6.07, 6.45) is 6.11. The molecular weight excluding hydrogens is 364 g/mol. The Kier molecular flexibility index (Phi) is 5.78. The second-order valence-corrected chi connectivity index (χ2v) is 9.27. The van der Waals surface area contributed by atoms with E-state index in [0.717, 1.165) is 76.4 Å². The Morgan fingerprint density at radius 3 is 2.76 bits per heavy atom. The van der Waals surface area contributed by atoms with E-state index < -0.39 is 0 Å². The molecule has 0 aliphatic carbocycles. The highest BCUT2D eigenvalue weighted by Gasteiger charge is 2.42. The first-order valence-electron chi connectivity index (χ1n) is 11.0. The van der Waals surface area contributed by atoms with Gasteiger partial charge >= 0.3 is 0 Å². The van der Waals surface area contributed by atoms with Crippen molar-refractivity contribution in [1.29, 1.82) is 5.26 Å². The molecule has 1 aromatic heterocycles. The van der Waals surface area contributed by atoms with Crippen molar-refractivity contribution in [3.63, 3.8) is 0 Å². The van der Waals surface area contributed by atoms with Crippen LogP contribution < -0.4 is 4.90 Å². The van der Waals surface area contributed by atoms with Crippen LogP contribution in [-0.4, -0.2) is 54.7 Å². The standard InChI is InChI=1S/C23H32N4O2/c1-17(2)20-6-5-18(14-24)22(25-20)26-11-9-23(10-12-26)8-7-21(28)27(16-23)15-19-4-3-13-29-19/h5-6,17,19H,3-4,7-13,15-16H2,1-2H3. The van der Waals surface area contributed by atoms with Gasteiger partial charge in [-0.25, -0.2) is 4.98 Å². The Labute approximate surface area is 173 Å². The van der Waals surface area contributed by atoms with Gasteiger partial charge < -0.3 is 14.5 Å². The molecule has 6 nitrogen and oxygen atoms in total. The highest BCUT2D eigenvalue weighted by atomic mass is 16.5. The predicted molar refractivity (Wildman–Crippen MR) is 112 cm³/mol. The van der Waals surface area contributed by atoms with Gasteiger partial charge in [0, 0.05) is 44.9 Å². The minimum absolute atomic E-state index is 0.200. The molecule has 1 amide bonds. The lowest BCUT2D eigenvalue weighted by atomic mass is 9.72. The lowest BCUT2D eigenvalue weighted by molar-refractivity contribution is -0.140. The zero-order valence-electron chi connectivity index (χ0n) is 17.7. The van der Waals surface area contributed by atoms with E-state index in [4.69, 9.17) is 9.72 Å². The number of nitrogens with zero attached hydrogens (tertiary/aromatic N) is 4. The first kappa shape index (κ1) is 20.2. The highest BCUT2D eigenvalue weighted by Crippen LogP contribution is 2.41. The molecule has 1 unspecified atom stereocenters. The Bertz CT molecular complexity index is 787. The van der Waals surface area contributed by atoms with Crippen LogP contribution in [-0.2, 0) is 9.53 Å². The summed E-state index contributed by atoms with van der Waals surface area (Å²) >= 11 is 0. The number of hydrogen-bond acceptors (Lipinski definition) is 5. The van der Waals surface area contributed by atoms with E-state index in [2.05, 4.69) is 29.7 Å². The minimum Gasteiger partial charge on any atom is -0.376 e. The Hall–Kier alpha value is -2.13. The van der Waals surface area contributed by atoms with Gasteiger partial charge in [0.15, 0.2) is 0 Å². The quantitative estimate of drug-likeness (QED) is 0.779. The van der Waals surface area contributed by atoms with Crippen molar-refractivity contribution in [3.05, 3.63) is 23.4 Å². The van der Waals surface area contributed by atoms with Crippen molar-refractivity contribution >= 4 is 11.7 Å². The molecule has 0 N–H and O–H groups in total. The Balaban J connectivity index is 1.44. The van der Waals surface area contributed by atoms with Gasteiger partial charge in [-0.1, -0.05) is 13.8 Å². The van der Waals surface area contributed by atoms with E-state index in [1.807, 2.05) is 12.1 Å². The summed E-state index contributed by atoms with van der Waals surface area (Å²) in [6.45, 7) is 8.48. The average Bonchev–Trinajstić information content (AvgIpc) is 3.24. The highest BCUT2D eigenvalue weighted by molar-refractivity contribution is 5.77. The molecule has 0 radical (unpaired) electrons. The van der Waals surface area contributed by atoms with Crippen LogP contribution in [0.4, 0.5) is 5.82 Å². The van der Waals surface area contributed by atoms with Crippen LogP contribution in [0.15, 0.2) is 12.1 Å². The number of anilines is 1. The van der Waals surface area contributed by atoms with Crippen LogP contribution in [0.1, 0.15) is 69.5 Å². The summed E-state index contributed by atoms with van der Waals surface area (Å²) in [5, 5.41) is 9.55. The average molecular weight is 397 g/mol.